The molecular formula is C23H24FN5O2. The highest BCUT2D eigenvalue weighted by Gasteiger charge is 2.35. The summed E-state index contributed by atoms with van der Waals surface area (Å²) in [5.41, 5.74) is 1.10. The van der Waals surface area contributed by atoms with Gasteiger partial charge in [0.15, 0.2) is 5.82 Å². The highest BCUT2D eigenvalue weighted by molar-refractivity contribution is 5.97. The minimum atomic E-state index is -0.331. The number of amides is 2. The summed E-state index contributed by atoms with van der Waals surface area (Å²) in [6, 6.07) is 9.75. The molecule has 1 saturated carbocycles. The molecule has 1 aliphatic carbocycles. The van der Waals surface area contributed by atoms with E-state index in [0.29, 0.717) is 30.2 Å². The maximum absolute atomic E-state index is 13.4. The zero-order valence-corrected chi connectivity index (χ0v) is 17.1. The van der Waals surface area contributed by atoms with E-state index in [9.17, 15) is 14.0 Å². The number of nitrogens with zero attached hydrogens (tertiary/aromatic N) is 4. The summed E-state index contributed by atoms with van der Waals surface area (Å²) >= 11 is 0. The van der Waals surface area contributed by atoms with Crippen LogP contribution in [0.4, 0.5) is 4.39 Å². The molecule has 3 heterocycles. The Morgan fingerprint density at radius 3 is 2.32 bits per heavy atom. The van der Waals surface area contributed by atoms with Gasteiger partial charge in [-0.05, 0) is 62.1 Å². The molecule has 1 aromatic carbocycles. The first-order valence-corrected chi connectivity index (χ1v) is 10.7. The van der Waals surface area contributed by atoms with E-state index < -0.39 is 0 Å². The number of nitrogens with one attached hydrogen (secondary N) is 1. The lowest BCUT2D eigenvalue weighted by Crippen LogP contribution is -2.47. The molecule has 31 heavy (non-hydrogen) atoms. The normalized spacial score (nSPS) is 17.0. The molecule has 2 amide bonds. The van der Waals surface area contributed by atoms with E-state index in [1.54, 1.807) is 23.0 Å². The average Bonchev–Trinajstić information content (AvgIpc) is 3.31. The van der Waals surface area contributed by atoms with Crippen LogP contribution in [-0.4, -0.2) is 50.2 Å². The summed E-state index contributed by atoms with van der Waals surface area (Å²) in [5, 5.41) is 7.52. The number of hydrogen-bond donors (Lipinski definition) is 1. The Kier molecular flexibility index (Phi) is 5.05. The summed E-state index contributed by atoms with van der Waals surface area (Å²) in [6.07, 6.45) is 8.74. The molecule has 1 aliphatic heterocycles. The van der Waals surface area contributed by atoms with E-state index in [1.807, 2.05) is 34.0 Å². The molecule has 2 fully saturated rings. The van der Waals surface area contributed by atoms with Gasteiger partial charge >= 0.3 is 0 Å². The number of aromatic nitrogens is 3. The lowest BCUT2D eigenvalue weighted by Gasteiger charge is -2.32. The van der Waals surface area contributed by atoms with Crippen molar-refractivity contribution in [3.63, 3.8) is 0 Å². The van der Waals surface area contributed by atoms with Gasteiger partial charge in [0.2, 0.25) is 5.91 Å². The van der Waals surface area contributed by atoms with E-state index in [2.05, 4.69) is 10.4 Å². The number of rotatable bonds is 5. The van der Waals surface area contributed by atoms with Gasteiger partial charge in [-0.15, -0.1) is 0 Å². The molecule has 0 radical (unpaired) electrons. The molecule has 5 rings (SSSR count). The Bertz CT molecular complexity index is 1080. The fraction of sp³-hybridized carbons (Fsp3) is 0.348. The zero-order chi connectivity index (χ0) is 21.4. The number of carbonyl (C=O) groups is 2. The smallest absolute Gasteiger partial charge is 0.256 e. The number of hydrogen-bond acceptors (Lipinski definition) is 3. The van der Waals surface area contributed by atoms with Crippen molar-refractivity contribution in [2.24, 2.45) is 5.92 Å². The highest BCUT2D eigenvalue weighted by Crippen LogP contribution is 2.32. The Balaban J connectivity index is 1.34. The molecule has 1 saturated heterocycles. The van der Waals surface area contributed by atoms with E-state index in [-0.39, 0.29) is 29.6 Å². The fourth-order valence-corrected chi connectivity index (χ4v) is 4.09. The molecule has 0 atom stereocenters. The summed E-state index contributed by atoms with van der Waals surface area (Å²) in [5.74, 6) is 0.551. The molecule has 0 bridgehead atoms. The summed E-state index contributed by atoms with van der Waals surface area (Å²) in [7, 11) is 0. The lowest BCUT2D eigenvalue weighted by atomic mass is 10.0. The molecule has 0 spiro atoms. The molecule has 1 N–H and O–H groups in total. The molecule has 2 aromatic heterocycles. The maximum Gasteiger partial charge on any atom is 0.256 e. The van der Waals surface area contributed by atoms with E-state index in [1.165, 1.54) is 12.1 Å². The standard InChI is InChI=1S/C23H24FN5O2/c24-17-5-7-19(8-6-17)29-22(27-11-1-2-12-27)20(15-25-29)21(30)26-18-9-13-28(14-10-18)23(31)16-3-4-16/h1-2,5-8,11-12,15-16,18H,3-4,9-10,13-14H2,(H,26,30). The average molecular weight is 421 g/mol. The van der Waals surface area contributed by atoms with Crippen molar-refractivity contribution in [1.29, 1.82) is 0 Å². The van der Waals surface area contributed by atoms with Crippen LogP contribution in [0, 0.1) is 11.7 Å². The predicted octanol–water partition coefficient (Wildman–Crippen LogP) is 2.93. The Morgan fingerprint density at radius 2 is 1.68 bits per heavy atom. The van der Waals surface area contributed by atoms with Gasteiger partial charge in [-0.25, -0.2) is 9.07 Å². The van der Waals surface area contributed by atoms with Crippen LogP contribution in [-0.2, 0) is 4.79 Å². The van der Waals surface area contributed by atoms with Gasteiger partial charge < -0.3 is 14.8 Å². The van der Waals surface area contributed by atoms with E-state index >= 15 is 0 Å². The van der Waals surface area contributed by atoms with Crippen LogP contribution < -0.4 is 5.32 Å². The second-order valence-electron chi connectivity index (χ2n) is 8.21. The fourth-order valence-electron chi connectivity index (χ4n) is 4.09. The summed E-state index contributed by atoms with van der Waals surface area (Å²) < 4.78 is 16.8. The minimum absolute atomic E-state index is 0.0161. The molecule has 2 aliphatic rings. The first-order chi connectivity index (χ1) is 15.1. The van der Waals surface area contributed by atoms with Crippen molar-refractivity contribution in [3.8, 4) is 11.5 Å². The summed E-state index contributed by atoms with van der Waals surface area (Å²) in [4.78, 5) is 27.3. The second-order valence-corrected chi connectivity index (χ2v) is 8.21. The number of piperidine rings is 1. The SMILES string of the molecule is O=C(NC1CCN(C(=O)C2CC2)CC1)c1cnn(-c2ccc(F)cc2)c1-n1cccc1. The van der Waals surface area contributed by atoms with Gasteiger partial charge in [-0.2, -0.15) is 5.10 Å². The third kappa shape index (κ3) is 3.97. The van der Waals surface area contributed by atoms with Crippen molar-refractivity contribution < 1.29 is 14.0 Å². The second kappa shape index (κ2) is 8.02. The van der Waals surface area contributed by atoms with Crippen molar-refractivity contribution in [2.75, 3.05) is 13.1 Å². The van der Waals surface area contributed by atoms with Crippen LogP contribution in [0.1, 0.15) is 36.0 Å². The molecule has 160 valence electrons. The van der Waals surface area contributed by atoms with Gasteiger partial charge in [0.25, 0.3) is 5.91 Å². The minimum Gasteiger partial charge on any atom is -0.349 e. The van der Waals surface area contributed by atoms with Crippen LogP contribution in [0.2, 0.25) is 0 Å². The van der Waals surface area contributed by atoms with Crippen molar-refractivity contribution >= 4 is 11.8 Å². The van der Waals surface area contributed by atoms with Gasteiger partial charge in [0, 0.05) is 37.4 Å². The third-order valence-electron chi connectivity index (χ3n) is 5.98. The van der Waals surface area contributed by atoms with Crippen molar-refractivity contribution in [3.05, 3.63) is 66.4 Å². The van der Waals surface area contributed by atoms with E-state index in [4.69, 9.17) is 0 Å². The van der Waals surface area contributed by atoms with Gasteiger partial charge in [-0.3, -0.25) is 9.59 Å². The molecule has 7 nitrogen and oxygen atoms in total. The lowest BCUT2D eigenvalue weighted by molar-refractivity contribution is -0.133. The largest absolute Gasteiger partial charge is 0.349 e. The van der Waals surface area contributed by atoms with Gasteiger partial charge in [-0.1, -0.05) is 0 Å². The quantitative estimate of drug-likeness (QED) is 0.689. The van der Waals surface area contributed by atoms with Gasteiger partial charge in [0.05, 0.1) is 11.9 Å². The number of likely N-dealkylation sites (tertiary alicyclic amines) is 1. The maximum atomic E-state index is 13.4. The van der Waals surface area contributed by atoms with E-state index in [0.717, 1.165) is 25.7 Å². The third-order valence-corrected chi connectivity index (χ3v) is 5.98. The van der Waals surface area contributed by atoms with Crippen LogP contribution >= 0.6 is 0 Å². The zero-order valence-electron chi connectivity index (χ0n) is 17.1. The Hall–Kier alpha value is -3.42. The predicted molar refractivity (Wildman–Crippen MR) is 113 cm³/mol. The van der Waals surface area contributed by atoms with Crippen LogP contribution in [0.15, 0.2) is 55.0 Å². The van der Waals surface area contributed by atoms with Gasteiger partial charge in [0.1, 0.15) is 11.4 Å². The summed E-state index contributed by atoms with van der Waals surface area (Å²) in [6.45, 7) is 1.36. The van der Waals surface area contributed by atoms with Crippen LogP contribution in [0.25, 0.3) is 11.5 Å². The topological polar surface area (TPSA) is 72.2 Å². The van der Waals surface area contributed by atoms with Crippen molar-refractivity contribution in [1.82, 2.24) is 24.6 Å². The number of halogens is 1. The number of benzene rings is 1. The molecular weight excluding hydrogens is 397 g/mol. The first-order valence-electron chi connectivity index (χ1n) is 10.7. The monoisotopic (exact) mass is 421 g/mol. The molecule has 3 aromatic rings. The first kappa shape index (κ1) is 19.5. The van der Waals surface area contributed by atoms with Crippen LogP contribution in [0.3, 0.4) is 0 Å². The Morgan fingerprint density at radius 1 is 1.00 bits per heavy atom. The number of carbonyl (C=O) groups excluding carboxylic acids is 2. The van der Waals surface area contributed by atoms with Crippen molar-refractivity contribution in [2.45, 2.75) is 31.7 Å². The molecule has 8 heteroatoms. The van der Waals surface area contributed by atoms with Crippen LogP contribution in [0.5, 0.6) is 0 Å². The Labute approximate surface area is 179 Å². The highest BCUT2D eigenvalue weighted by atomic mass is 19.1. The molecule has 0 unspecified atom stereocenters.